The molecule has 2 aromatic rings. The Morgan fingerprint density at radius 2 is 2.24 bits per heavy atom. The molecule has 2 saturated carbocycles. The monoisotopic (exact) mass is 335 g/mol. The minimum absolute atomic E-state index is 0.0484. The predicted molar refractivity (Wildman–Crippen MR) is 97.8 cm³/mol. The Morgan fingerprint density at radius 3 is 2.88 bits per heavy atom. The highest BCUT2D eigenvalue weighted by atomic mass is 16.1. The molecule has 3 aliphatic carbocycles. The lowest BCUT2D eigenvalue weighted by Gasteiger charge is -2.22. The van der Waals surface area contributed by atoms with E-state index in [1.165, 1.54) is 24.0 Å². The molecule has 25 heavy (non-hydrogen) atoms. The Kier molecular flexibility index (Phi) is 2.88. The largest absolute Gasteiger partial charge is 0.322 e. The number of amides is 1. The van der Waals surface area contributed by atoms with E-state index in [9.17, 15) is 4.79 Å². The predicted octanol–water partition coefficient (Wildman–Crippen LogP) is 4.23. The molecule has 2 fully saturated rings. The summed E-state index contributed by atoms with van der Waals surface area (Å²) in [5, 5.41) is 7.49. The van der Waals surface area contributed by atoms with Crippen molar-refractivity contribution in [3.63, 3.8) is 0 Å². The van der Waals surface area contributed by atoms with E-state index >= 15 is 0 Å². The van der Waals surface area contributed by atoms with Crippen LogP contribution >= 0.6 is 0 Å². The normalized spacial score (nSPS) is 30.7. The zero-order valence-electron chi connectivity index (χ0n) is 15.3. The van der Waals surface area contributed by atoms with Gasteiger partial charge in [0, 0.05) is 18.9 Å². The molecule has 130 valence electrons. The molecule has 5 rings (SSSR count). The van der Waals surface area contributed by atoms with Crippen molar-refractivity contribution in [2.45, 2.75) is 45.4 Å². The maximum atomic E-state index is 12.8. The van der Waals surface area contributed by atoms with E-state index in [0.717, 1.165) is 23.2 Å². The number of aryl methyl sites for hydroxylation is 2. The van der Waals surface area contributed by atoms with Gasteiger partial charge in [-0.25, -0.2) is 0 Å². The summed E-state index contributed by atoms with van der Waals surface area (Å²) in [6, 6.07) is 6.47. The van der Waals surface area contributed by atoms with Crippen LogP contribution < -0.4 is 5.32 Å². The Bertz CT molecular complexity index is 897. The second kappa shape index (κ2) is 4.75. The molecule has 1 spiro atoms. The first kappa shape index (κ1) is 15.2. The van der Waals surface area contributed by atoms with Crippen LogP contribution in [0.4, 0.5) is 5.69 Å². The lowest BCUT2D eigenvalue weighted by molar-refractivity contribution is 0.102. The maximum absolute atomic E-state index is 12.8. The Balaban J connectivity index is 1.50. The van der Waals surface area contributed by atoms with Gasteiger partial charge in [0.05, 0.1) is 11.3 Å². The van der Waals surface area contributed by atoms with Gasteiger partial charge in [0.1, 0.15) is 0 Å². The fraction of sp³-hybridized carbons (Fsp3) is 0.524. The molecule has 4 atom stereocenters. The number of hydrogen-bond acceptors (Lipinski definition) is 2. The van der Waals surface area contributed by atoms with Crippen LogP contribution in [0.1, 0.15) is 65.7 Å². The molecule has 4 heteroatoms. The maximum Gasteiger partial charge on any atom is 0.259 e. The third kappa shape index (κ3) is 1.94. The molecule has 0 bridgehead atoms. The van der Waals surface area contributed by atoms with Gasteiger partial charge in [0.2, 0.25) is 0 Å². The number of carbonyl (C=O) groups is 1. The lowest BCUT2D eigenvalue weighted by atomic mass is 9.85. The molecule has 0 aliphatic heterocycles. The first-order valence-corrected chi connectivity index (χ1v) is 9.38. The van der Waals surface area contributed by atoms with Crippen molar-refractivity contribution in [3.8, 4) is 0 Å². The topological polar surface area (TPSA) is 46.9 Å². The van der Waals surface area contributed by atoms with Crippen LogP contribution in [0, 0.1) is 24.2 Å². The SMILES string of the molecule is Cc1nn(C)cc1C(=O)Nc1cccc2c1C(CC(C)C)C13CC1C23. The summed E-state index contributed by atoms with van der Waals surface area (Å²) >= 11 is 0. The highest BCUT2D eigenvalue weighted by molar-refractivity contribution is 6.05. The molecule has 3 aliphatic rings. The third-order valence-electron chi connectivity index (χ3n) is 6.66. The summed E-state index contributed by atoms with van der Waals surface area (Å²) < 4.78 is 1.70. The number of benzene rings is 1. The molecule has 1 amide bonds. The van der Waals surface area contributed by atoms with E-state index in [-0.39, 0.29) is 5.91 Å². The zero-order valence-corrected chi connectivity index (χ0v) is 15.3. The lowest BCUT2D eigenvalue weighted by Crippen LogP contribution is -2.16. The highest BCUT2D eigenvalue weighted by Crippen LogP contribution is 2.93. The summed E-state index contributed by atoms with van der Waals surface area (Å²) in [5.74, 6) is 2.94. The molecule has 1 N–H and O–H groups in total. The average Bonchev–Trinajstić information content (AvgIpc) is 3.34. The summed E-state index contributed by atoms with van der Waals surface area (Å²) in [6.07, 6.45) is 4.41. The van der Waals surface area contributed by atoms with Crippen LogP contribution in [0.15, 0.2) is 24.4 Å². The molecular weight excluding hydrogens is 310 g/mol. The van der Waals surface area contributed by atoms with Crippen molar-refractivity contribution in [1.82, 2.24) is 9.78 Å². The van der Waals surface area contributed by atoms with Gasteiger partial charge in [-0.3, -0.25) is 9.48 Å². The number of aromatic nitrogens is 2. The van der Waals surface area contributed by atoms with Gasteiger partial charge in [-0.05, 0) is 66.0 Å². The van der Waals surface area contributed by atoms with Crippen molar-refractivity contribution in [3.05, 3.63) is 46.8 Å². The van der Waals surface area contributed by atoms with Crippen molar-refractivity contribution in [2.75, 3.05) is 5.32 Å². The smallest absolute Gasteiger partial charge is 0.259 e. The second-order valence-electron chi connectivity index (χ2n) is 8.65. The van der Waals surface area contributed by atoms with Gasteiger partial charge in [0.15, 0.2) is 0 Å². The fourth-order valence-corrected chi connectivity index (χ4v) is 5.51. The zero-order chi connectivity index (χ0) is 17.5. The van der Waals surface area contributed by atoms with Crippen molar-refractivity contribution >= 4 is 11.6 Å². The summed E-state index contributed by atoms with van der Waals surface area (Å²) in [5.41, 5.74) is 5.93. The van der Waals surface area contributed by atoms with Gasteiger partial charge in [0.25, 0.3) is 5.91 Å². The van der Waals surface area contributed by atoms with E-state index in [1.54, 1.807) is 10.9 Å². The Hall–Kier alpha value is -2.10. The summed E-state index contributed by atoms with van der Waals surface area (Å²) in [4.78, 5) is 12.8. The van der Waals surface area contributed by atoms with E-state index < -0.39 is 0 Å². The number of nitrogens with zero attached hydrogens (tertiary/aromatic N) is 2. The van der Waals surface area contributed by atoms with Crippen LogP contribution in [-0.4, -0.2) is 15.7 Å². The fourth-order valence-electron chi connectivity index (χ4n) is 5.51. The number of rotatable bonds is 4. The third-order valence-corrected chi connectivity index (χ3v) is 6.66. The van der Waals surface area contributed by atoms with Crippen molar-refractivity contribution in [2.24, 2.45) is 24.3 Å². The van der Waals surface area contributed by atoms with Gasteiger partial charge in [-0.15, -0.1) is 0 Å². The average molecular weight is 335 g/mol. The molecule has 0 radical (unpaired) electrons. The van der Waals surface area contributed by atoms with Crippen LogP contribution in [0.2, 0.25) is 0 Å². The first-order valence-electron chi connectivity index (χ1n) is 9.38. The Labute approximate surface area is 148 Å². The van der Waals surface area contributed by atoms with Gasteiger partial charge in [-0.1, -0.05) is 26.0 Å². The van der Waals surface area contributed by atoms with Crippen LogP contribution in [-0.2, 0) is 7.05 Å². The molecule has 4 nitrogen and oxygen atoms in total. The van der Waals surface area contributed by atoms with Crippen molar-refractivity contribution < 1.29 is 4.79 Å². The van der Waals surface area contributed by atoms with Crippen LogP contribution in [0.5, 0.6) is 0 Å². The van der Waals surface area contributed by atoms with Crippen molar-refractivity contribution in [1.29, 1.82) is 0 Å². The van der Waals surface area contributed by atoms with E-state index in [0.29, 0.717) is 22.8 Å². The second-order valence-corrected chi connectivity index (χ2v) is 8.65. The quantitative estimate of drug-likeness (QED) is 0.909. The van der Waals surface area contributed by atoms with Crippen LogP contribution in [0.3, 0.4) is 0 Å². The number of anilines is 1. The minimum atomic E-state index is -0.0484. The molecule has 4 unspecified atom stereocenters. The van der Waals surface area contributed by atoms with Crippen LogP contribution in [0.25, 0.3) is 0 Å². The molecule has 1 aromatic carbocycles. The number of fused-ring (bicyclic) bond motifs is 3. The molecule has 1 aromatic heterocycles. The van der Waals surface area contributed by atoms with Gasteiger partial charge >= 0.3 is 0 Å². The number of hydrogen-bond donors (Lipinski definition) is 1. The summed E-state index contributed by atoms with van der Waals surface area (Å²) in [6.45, 7) is 6.50. The van der Waals surface area contributed by atoms with E-state index in [1.807, 2.05) is 14.0 Å². The Morgan fingerprint density at radius 1 is 1.44 bits per heavy atom. The first-order chi connectivity index (χ1) is 11.9. The number of carbonyl (C=O) groups excluding carboxylic acids is 1. The van der Waals surface area contributed by atoms with E-state index in [2.05, 4.69) is 42.5 Å². The molecule has 1 heterocycles. The van der Waals surface area contributed by atoms with Gasteiger partial charge < -0.3 is 5.32 Å². The number of nitrogens with one attached hydrogen (secondary N) is 1. The van der Waals surface area contributed by atoms with E-state index in [4.69, 9.17) is 0 Å². The standard InChI is InChI=1S/C21H25N3O/c1-11(2)8-15-18-13(19-16-9-21(15,16)19)6-5-7-17(18)22-20(25)14-10-24(4)23-12(14)3/h5-7,10-11,15-16,19H,8-9H2,1-4H3,(H,22,25). The highest BCUT2D eigenvalue weighted by Gasteiger charge is 2.84. The molecule has 0 saturated heterocycles. The van der Waals surface area contributed by atoms with Gasteiger partial charge in [-0.2, -0.15) is 5.10 Å². The summed E-state index contributed by atoms with van der Waals surface area (Å²) in [7, 11) is 1.85. The molecular formula is C21H25N3O. The minimum Gasteiger partial charge on any atom is -0.322 e.